The maximum atomic E-state index is 9.11. The number of nitrogens with zero attached hydrogens (tertiary/aromatic N) is 2. The van der Waals surface area contributed by atoms with Gasteiger partial charge in [0.2, 0.25) is 0 Å². The highest BCUT2D eigenvalue weighted by molar-refractivity contribution is 5.62. The van der Waals surface area contributed by atoms with Gasteiger partial charge in [-0.2, -0.15) is 5.10 Å². The summed E-state index contributed by atoms with van der Waals surface area (Å²) >= 11 is 0. The van der Waals surface area contributed by atoms with Crippen LogP contribution in [-0.4, -0.2) is 39.9 Å². The third kappa shape index (κ3) is 3.56. The van der Waals surface area contributed by atoms with Gasteiger partial charge in [-0.3, -0.25) is 10.00 Å². The van der Waals surface area contributed by atoms with E-state index in [0.29, 0.717) is 6.54 Å². The van der Waals surface area contributed by atoms with E-state index in [2.05, 4.69) is 52.9 Å². The molecule has 20 heavy (non-hydrogen) atoms. The minimum Gasteiger partial charge on any atom is -0.395 e. The van der Waals surface area contributed by atoms with E-state index < -0.39 is 0 Å². The molecule has 0 bridgehead atoms. The summed E-state index contributed by atoms with van der Waals surface area (Å²) in [5.74, 6) is 0. The molecule has 0 saturated carbocycles. The fourth-order valence-corrected chi connectivity index (χ4v) is 2.20. The van der Waals surface area contributed by atoms with Gasteiger partial charge in [0.05, 0.1) is 18.5 Å². The highest BCUT2D eigenvalue weighted by Gasteiger charge is 2.11. The summed E-state index contributed by atoms with van der Waals surface area (Å²) in [7, 11) is 0. The standard InChI is InChI=1S/C16H21N3O/c1-3-8-19(9-10-20)12-15-11-17-18-16(15)14-6-4-13(2)5-7-14/h3-7,11,20H,1,8-10,12H2,2H3,(H,17,18). The SMILES string of the molecule is C=CCN(CCO)Cc1cn[nH]c1-c1ccc(C)cc1. The molecule has 0 spiro atoms. The van der Waals surface area contributed by atoms with Crippen LogP contribution >= 0.6 is 0 Å². The van der Waals surface area contributed by atoms with Crippen molar-refractivity contribution in [3.63, 3.8) is 0 Å². The number of hydrogen-bond acceptors (Lipinski definition) is 3. The van der Waals surface area contributed by atoms with Crippen molar-refractivity contribution in [1.82, 2.24) is 15.1 Å². The van der Waals surface area contributed by atoms with Gasteiger partial charge in [0.25, 0.3) is 0 Å². The summed E-state index contributed by atoms with van der Waals surface area (Å²) in [6.07, 6.45) is 3.70. The van der Waals surface area contributed by atoms with Gasteiger partial charge in [-0.25, -0.2) is 0 Å². The third-order valence-electron chi connectivity index (χ3n) is 3.26. The Bertz CT molecular complexity index is 545. The number of rotatable bonds is 7. The van der Waals surface area contributed by atoms with Crippen LogP contribution in [0.4, 0.5) is 0 Å². The summed E-state index contributed by atoms with van der Waals surface area (Å²) in [5, 5.41) is 16.3. The molecule has 0 amide bonds. The highest BCUT2D eigenvalue weighted by atomic mass is 16.3. The lowest BCUT2D eigenvalue weighted by molar-refractivity contribution is 0.203. The predicted molar refractivity (Wildman–Crippen MR) is 81.3 cm³/mol. The van der Waals surface area contributed by atoms with Crippen LogP contribution < -0.4 is 0 Å². The predicted octanol–water partition coefficient (Wildman–Crippen LogP) is 2.37. The first-order valence-electron chi connectivity index (χ1n) is 6.78. The van der Waals surface area contributed by atoms with Crippen molar-refractivity contribution in [2.45, 2.75) is 13.5 Å². The normalized spacial score (nSPS) is 10.9. The van der Waals surface area contributed by atoms with Gasteiger partial charge < -0.3 is 5.11 Å². The molecule has 0 unspecified atom stereocenters. The van der Waals surface area contributed by atoms with Crippen LogP contribution in [0.15, 0.2) is 43.1 Å². The average Bonchev–Trinajstić information content (AvgIpc) is 2.88. The van der Waals surface area contributed by atoms with E-state index in [9.17, 15) is 0 Å². The quantitative estimate of drug-likeness (QED) is 0.760. The first-order valence-corrected chi connectivity index (χ1v) is 6.78. The minimum absolute atomic E-state index is 0.144. The molecule has 0 aliphatic carbocycles. The molecule has 2 N–H and O–H groups in total. The second-order valence-electron chi connectivity index (χ2n) is 4.88. The van der Waals surface area contributed by atoms with Crippen LogP contribution in [0.1, 0.15) is 11.1 Å². The van der Waals surface area contributed by atoms with Crippen molar-refractivity contribution in [1.29, 1.82) is 0 Å². The summed E-state index contributed by atoms with van der Waals surface area (Å²) in [5.41, 5.74) is 4.54. The number of aliphatic hydroxyl groups excluding tert-OH is 1. The van der Waals surface area contributed by atoms with E-state index in [-0.39, 0.29) is 6.61 Å². The van der Waals surface area contributed by atoms with Crippen molar-refractivity contribution in [2.75, 3.05) is 19.7 Å². The largest absolute Gasteiger partial charge is 0.395 e. The molecule has 4 nitrogen and oxygen atoms in total. The van der Waals surface area contributed by atoms with Crippen LogP contribution in [0.5, 0.6) is 0 Å². The Morgan fingerprint density at radius 3 is 2.75 bits per heavy atom. The van der Waals surface area contributed by atoms with E-state index >= 15 is 0 Å². The molecular weight excluding hydrogens is 250 g/mol. The minimum atomic E-state index is 0.144. The van der Waals surface area contributed by atoms with Gasteiger partial charge in [-0.15, -0.1) is 6.58 Å². The van der Waals surface area contributed by atoms with E-state index in [4.69, 9.17) is 5.11 Å². The van der Waals surface area contributed by atoms with Gasteiger partial charge in [0.15, 0.2) is 0 Å². The summed E-state index contributed by atoms with van der Waals surface area (Å²) < 4.78 is 0. The van der Waals surface area contributed by atoms with Gasteiger partial charge >= 0.3 is 0 Å². The molecule has 0 atom stereocenters. The van der Waals surface area contributed by atoms with Crippen LogP contribution in [0.25, 0.3) is 11.3 Å². The first-order chi connectivity index (χ1) is 9.74. The lowest BCUT2D eigenvalue weighted by atomic mass is 10.1. The smallest absolute Gasteiger partial charge is 0.0695 e. The van der Waals surface area contributed by atoms with E-state index in [1.54, 1.807) is 0 Å². The maximum absolute atomic E-state index is 9.11. The molecule has 0 saturated heterocycles. The second kappa shape index (κ2) is 7.03. The fourth-order valence-electron chi connectivity index (χ4n) is 2.20. The second-order valence-corrected chi connectivity index (χ2v) is 4.88. The van der Waals surface area contributed by atoms with Gasteiger partial charge in [0, 0.05) is 25.2 Å². The van der Waals surface area contributed by atoms with Crippen molar-refractivity contribution < 1.29 is 5.11 Å². The van der Waals surface area contributed by atoms with Crippen molar-refractivity contribution in [2.24, 2.45) is 0 Å². The number of aliphatic hydroxyl groups is 1. The molecule has 0 aliphatic heterocycles. The molecule has 1 heterocycles. The zero-order valence-corrected chi connectivity index (χ0v) is 11.8. The lowest BCUT2D eigenvalue weighted by Gasteiger charge is -2.19. The first kappa shape index (κ1) is 14.5. The van der Waals surface area contributed by atoms with Crippen molar-refractivity contribution >= 4 is 0 Å². The zero-order valence-electron chi connectivity index (χ0n) is 11.8. The monoisotopic (exact) mass is 271 g/mol. The van der Waals surface area contributed by atoms with Gasteiger partial charge in [-0.05, 0) is 12.5 Å². The molecule has 4 heteroatoms. The number of H-pyrrole nitrogens is 1. The Balaban J connectivity index is 2.19. The number of aromatic nitrogens is 2. The Morgan fingerprint density at radius 1 is 1.35 bits per heavy atom. The fraction of sp³-hybridized carbons (Fsp3) is 0.312. The number of benzene rings is 1. The molecule has 0 fully saturated rings. The van der Waals surface area contributed by atoms with Crippen LogP contribution in [0.2, 0.25) is 0 Å². The zero-order chi connectivity index (χ0) is 14.4. The number of nitrogens with one attached hydrogen (secondary N) is 1. The molecule has 1 aromatic carbocycles. The lowest BCUT2D eigenvalue weighted by Crippen LogP contribution is -2.26. The molecule has 2 rings (SSSR count). The average molecular weight is 271 g/mol. The van der Waals surface area contributed by atoms with E-state index in [1.807, 2.05) is 12.3 Å². The molecule has 2 aromatic rings. The molecule has 0 radical (unpaired) electrons. The summed E-state index contributed by atoms with van der Waals surface area (Å²) in [4.78, 5) is 2.13. The summed E-state index contributed by atoms with van der Waals surface area (Å²) in [6.45, 7) is 8.10. The Hall–Kier alpha value is -1.91. The molecule has 1 aromatic heterocycles. The Labute approximate surface area is 119 Å². The Kier molecular flexibility index (Phi) is 5.09. The van der Waals surface area contributed by atoms with Gasteiger partial charge in [-0.1, -0.05) is 35.9 Å². The molecule has 0 aliphatic rings. The molecular formula is C16H21N3O. The topological polar surface area (TPSA) is 52.1 Å². The van der Waals surface area contributed by atoms with Crippen LogP contribution in [0.3, 0.4) is 0 Å². The van der Waals surface area contributed by atoms with Crippen LogP contribution in [-0.2, 0) is 6.54 Å². The van der Waals surface area contributed by atoms with Gasteiger partial charge in [0.1, 0.15) is 0 Å². The Morgan fingerprint density at radius 2 is 2.10 bits per heavy atom. The third-order valence-corrected chi connectivity index (χ3v) is 3.26. The number of aromatic amines is 1. The van der Waals surface area contributed by atoms with Crippen LogP contribution in [0, 0.1) is 6.92 Å². The molecule has 106 valence electrons. The van der Waals surface area contributed by atoms with E-state index in [1.165, 1.54) is 5.56 Å². The van der Waals surface area contributed by atoms with E-state index in [0.717, 1.165) is 29.9 Å². The number of aryl methyl sites for hydroxylation is 1. The highest BCUT2D eigenvalue weighted by Crippen LogP contribution is 2.22. The van der Waals surface area contributed by atoms with Crippen molar-refractivity contribution in [3.8, 4) is 11.3 Å². The van der Waals surface area contributed by atoms with Crippen molar-refractivity contribution in [3.05, 3.63) is 54.2 Å². The number of hydrogen-bond donors (Lipinski definition) is 2. The summed E-state index contributed by atoms with van der Waals surface area (Å²) in [6, 6.07) is 8.37. The maximum Gasteiger partial charge on any atom is 0.0695 e.